The smallest absolute Gasteiger partial charge is 0.00947 e. The van der Waals surface area contributed by atoms with Gasteiger partial charge in [0.25, 0.3) is 0 Å². The van der Waals surface area contributed by atoms with Crippen LogP contribution in [0.4, 0.5) is 0 Å². The Bertz CT molecular complexity index is 213. The second-order valence-electron chi connectivity index (χ2n) is 6.34. The van der Waals surface area contributed by atoms with Gasteiger partial charge in [-0.15, -0.1) is 0 Å². The van der Waals surface area contributed by atoms with Gasteiger partial charge in [-0.05, 0) is 64.6 Å². The molecule has 2 fully saturated rings. The lowest BCUT2D eigenvalue weighted by Crippen LogP contribution is -2.36. The second kappa shape index (κ2) is 6.75. The van der Waals surface area contributed by atoms with E-state index in [4.69, 9.17) is 0 Å². The Kier molecular flexibility index (Phi) is 5.30. The van der Waals surface area contributed by atoms with Crippen LogP contribution in [-0.4, -0.2) is 37.1 Å². The van der Waals surface area contributed by atoms with Crippen LogP contribution >= 0.6 is 0 Å². The number of nitrogens with zero attached hydrogens (tertiary/aromatic N) is 1. The van der Waals surface area contributed by atoms with Gasteiger partial charge >= 0.3 is 0 Å². The molecule has 0 heterocycles. The first kappa shape index (κ1) is 13.4. The lowest BCUT2D eigenvalue weighted by Gasteiger charge is -2.34. The molecule has 1 N–H and O–H groups in total. The van der Waals surface area contributed by atoms with Crippen molar-refractivity contribution in [2.24, 2.45) is 5.92 Å². The summed E-state index contributed by atoms with van der Waals surface area (Å²) in [5.74, 6) is 0.952. The first-order valence-corrected chi connectivity index (χ1v) is 7.69. The summed E-state index contributed by atoms with van der Waals surface area (Å²) < 4.78 is 0. The minimum atomic E-state index is 0.871. The topological polar surface area (TPSA) is 15.3 Å². The fourth-order valence-corrected chi connectivity index (χ4v) is 3.06. The lowest BCUT2D eigenvalue weighted by molar-refractivity contribution is 0.162. The van der Waals surface area contributed by atoms with Crippen molar-refractivity contribution in [3.63, 3.8) is 0 Å². The van der Waals surface area contributed by atoms with Crippen LogP contribution < -0.4 is 5.32 Å². The van der Waals surface area contributed by atoms with Crippen LogP contribution in [0.2, 0.25) is 0 Å². The van der Waals surface area contributed by atoms with Crippen LogP contribution in [0.5, 0.6) is 0 Å². The average Bonchev–Trinajstić information content (AvgIpc) is 3.12. The predicted octanol–water partition coefficient (Wildman–Crippen LogP) is 3.03. The van der Waals surface area contributed by atoms with Gasteiger partial charge in [-0.25, -0.2) is 0 Å². The molecule has 100 valence electrons. The van der Waals surface area contributed by atoms with Gasteiger partial charge in [-0.1, -0.05) is 19.8 Å². The highest BCUT2D eigenvalue weighted by Crippen LogP contribution is 2.26. The Hall–Kier alpha value is -0.0800. The SMILES string of the molecule is CC1CCCC(N(C)CCCCNC2CC2)C1. The van der Waals surface area contributed by atoms with E-state index >= 15 is 0 Å². The minimum Gasteiger partial charge on any atom is -0.314 e. The molecule has 2 saturated carbocycles. The summed E-state index contributed by atoms with van der Waals surface area (Å²) in [4.78, 5) is 2.62. The van der Waals surface area contributed by atoms with E-state index in [2.05, 4.69) is 24.2 Å². The molecule has 0 bridgehead atoms. The summed E-state index contributed by atoms with van der Waals surface area (Å²) in [6.45, 7) is 4.95. The van der Waals surface area contributed by atoms with Gasteiger partial charge in [0.2, 0.25) is 0 Å². The third kappa shape index (κ3) is 4.97. The molecule has 2 unspecified atom stereocenters. The van der Waals surface area contributed by atoms with Crippen molar-refractivity contribution in [1.82, 2.24) is 10.2 Å². The summed E-state index contributed by atoms with van der Waals surface area (Å²) in [5, 5.41) is 3.60. The molecule has 2 rings (SSSR count). The van der Waals surface area contributed by atoms with Crippen molar-refractivity contribution in [3.05, 3.63) is 0 Å². The monoisotopic (exact) mass is 238 g/mol. The van der Waals surface area contributed by atoms with Gasteiger partial charge < -0.3 is 10.2 Å². The molecule has 2 nitrogen and oxygen atoms in total. The predicted molar refractivity (Wildman–Crippen MR) is 74.3 cm³/mol. The summed E-state index contributed by atoms with van der Waals surface area (Å²) in [7, 11) is 2.33. The van der Waals surface area contributed by atoms with Gasteiger partial charge in [0.15, 0.2) is 0 Å². The van der Waals surface area contributed by atoms with Crippen LogP contribution in [0.25, 0.3) is 0 Å². The highest BCUT2D eigenvalue weighted by molar-refractivity contribution is 4.80. The molecule has 0 saturated heterocycles. The maximum Gasteiger partial charge on any atom is 0.00947 e. The number of unbranched alkanes of at least 4 members (excludes halogenated alkanes) is 1. The molecular formula is C15H30N2. The lowest BCUT2D eigenvalue weighted by atomic mass is 9.86. The highest BCUT2D eigenvalue weighted by Gasteiger charge is 2.22. The quantitative estimate of drug-likeness (QED) is 0.686. The van der Waals surface area contributed by atoms with Gasteiger partial charge in [0, 0.05) is 12.1 Å². The van der Waals surface area contributed by atoms with Crippen molar-refractivity contribution in [1.29, 1.82) is 0 Å². The molecule has 0 spiro atoms. The number of hydrogen-bond donors (Lipinski definition) is 1. The molecule has 0 aliphatic heterocycles. The highest BCUT2D eigenvalue weighted by atomic mass is 15.1. The number of hydrogen-bond acceptors (Lipinski definition) is 2. The summed E-state index contributed by atoms with van der Waals surface area (Å²) in [6, 6.07) is 1.75. The maximum atomic E-state index is 3.60. The number of nitrogens with one attached hydrogen (secondary N) is 1. The molecular weight excluding hydrogens is 208 g/mol. The number of rotatable bonds is 7. The largest absolute Gasteiger partial charge is 0.314 e. The molecule has 0 aromatic carbocycles. The summed E-state index contributed by atoms with van der Waals surface area (Å²) in [6.07, 6.45) is 11.3. The van der Waals surface area contributed by atoms with E-state index < -0.39 is 0 Å². The molecule has 0 aromatic heterocycles. The van der Waals surface area contributed by atoms with E-state index in [0.717, 1.165) is 18.0 Å². The van der Waals surface area contributed by atoms with Gasteiger partial charge in [0.1, 0.15) is 0 Å². The minimum absolute atomic E-state index is 0.871. The molecule has 0 aromatic rings. The molecule has 17 heavy (non-hydrogen) atoms. The van der Waals surface area contributed by atoms with E-state index in [-0.39, 0.29) is 0 Å². The fourth-order valence-electron chi connectivity index (χ4n) is 3.06. The first-order chi connectivity index (χ1) is 8.25. The van der Waals surface area contributed by atoms with Crippen LogP contribution in [0.3, 0.4) is 0 Å². The zero-order chi connectivity index (χ0) is 12.1. The molecule has 2 heteroatoms. The molecule has 2 atom stereocenters. The maximum absolute atomic E-state index is 3.60. The van der Waals surface area contributed by atoms with Crippen LogP contribution in [0, 0.1) is 5.92 Å². The third-order valence-electron chi connectivity index (χ3n) is 4.48. The van der Waals surface area contributed by atoms with Gasteiger partial charge in [-0.3, -0.25) is 0 Å². The van der Waals surface area contributed by atoms with Crippen molar-refractivity contribution >= 4 is 0 Å². The van der Waals surface area contributed by atoms with Crippen molar-refractivity contribution < 1.29 is 0 Å². The Morgan fingerprint density at radius 3 is 2.65 bits per heavy atom. The Labute approximate surface area is 107 Å². The third-order valence-corrected chi connectivity index (χ3v) is 4.48. The molecule has 2 aliphatic carbocycles. The normalized spacial score (nSPS) is 29.8. The van der Waals surface area contributed by atoms with E-state index in [1.54, 1.807) is 0 Å². The molecule has 0 amide bonds. The standard InChI is InChI=1S/C15H30N2/c1-13-6-5-7-15(12-13)17(2)11-4-3-10-16-14-8-9-14/h13-16H,3-12H2,1-2H3. The molecule has 2 aliphatic rings. The van der Waals surface area contributed by atoms with Crippen LogP contribution in [0.15, 0.2) is 0 Å². The Morgan fingerprint density at radius 2 is 1.94 bits per heavy atom. The summed E-state index contributed by atoms with van der Waals surface area (Å²) >= 11 is 0. The second-order valence-corrected chi connectivity index (χ2v) is 6.34. The van der Waals surface area contributed by atoms with E-state index in [1.807, 2.05) is 0 Å². The van der Waals surface area contributed by atoms with E-state index in [1.165, 1.54) is 64.5 Å². The van der Waals surface area contributed by atoms with Crippen molar-refractivity contribution in [2.45, 2.75) is 70.4 Å². The van der Waals surface area contributed by atoms with Crippen LogP contribution in [-0.2, 0) is 0 Å². The van der Waals surface area contributed by atoms with Gasteiger partial charge in [-0.2, -0.15) is 0 Å². The zero-order valence-corrected chi connectivity index (χ0v) is 11.8. The van der Waals surface area contributed by atoms with E-state index in [9.17, 15) is 0 Å². The Balaban J connectivity index is 1.51. The van der Waals surface area contributed by atoms with Crippen molar-refractivity contribution in [2.75, 3.05) is 20.1 Å². The zero-order valence-electron chi connectivity index (χ0n) is 11.8. The van der Waals surface area contributed by atoms with Crippen LogP contribution in [0.1, 0.15) is 58.3 Å². The average molecular weight is 238 g/mol. The Morgan fingerprint density at radius 1 is 1.12 bits per heavy atom. The van der Waals surface area contributed by atoms with Crippen molar-refractivity contribution in [3.8, 4) is 0 Å². The summed E-state index contributed by atoms with van der Waals surface area (Å²) in [5.41, 5.74) is 0. The van der Waals surface area contributed by atoms with E-state index in [0.29, 0.717) is 0 Å². The molecule has 0 radical (unpaired) electrons. The van der Waals surface area contributed by atoms with Gasteiger partial charge in [0.05, 0.1) is 0 Å². The first-order valence-electron chi connectivity index (χ1n) is 7.69. The fraction of sp³-hybridized carbons (Fsp3) is 1.00.